The minimum Gasteiger partial charge on any atom is -0.276 e. The van der Waals surface area contributed by atoms with Gasteiger partial charge in [0.2, 0.25) is 0 Å². The molecule has 1 nitrogen and oxygen atoms in total. The summed E-state index contributed by atoms with van der Waals surface area (Å²) in [6, 6.07) is 0. The first kappa shape index (κ1) is 10.2. The molecule has 0 saturated carbocycles. The molecule has 0 aromatic carbocycles. The average Bonchev–Trinajstić information content (AvgIpc) is 2.07. The van der Waals surface area contributed by atoms with E-state index in [0.717, 1.165) is 0 Å². The van der Waals surface area contributed by atoms with Gasteiger partial charge in [-0.15, -0.1) is 0 Å². The first-order valence-electron chi connectivity index (χ1n) is 3.20. The van der Waals surface area contributed by atoms with Gasteiger partial charge in [0.05, 0.1) is 5.57 Å². The number of allylic oxidation sites excluding steroid dienone is 4. The predicted molar refractivity (Wildman–Crippen MR) is 38.0 cm³/mol. The van der Waals surface area contributed by atoms with Crippen LogP contribution >= 0.6 is 11.6 Å². The van der Waals surface area contributed by atoms with Crippen molar-refractivity contribution in [1.29, 1.82) is 0 Å². The maximum Gasteiger partial charge on any atom is 0.251 e. The Hall–Kier alpha value is -0.840. The van der Waals surface area contributed by atoms with E-state index in [1.165, 1.54) is 0 Å². The summed E-state index contributed by atoms with van der Waals surface area (Å²) in [5, 5.41) is -1.34. The third-order valence-corrected chi connectivity index (χ3v) is 1.75. The van der Waals surface area contributed by atoms with Crippen LogP contribution in [-0.2, 0) is 4.79 Å². The minimum absolute atomic E-state index is 0.255. The molecule has 1 rings (SSSR count). The molecule has 1 aliphatic carbocycles. The first-order chi connectivity index (χ1) is 5.95. The Bertz CT molecular complexity index is 310. The molecule has 0 radical (unpaired) electrons. The molecule has 0 aromatic rings. The van der Waals surface area contributed by atoms with E-state index >= 15 is 0 Å². The maximum atomic E-state index is 12.7. The van der Waals surface area contributed by atoms with Crippen molar-refractivity contribution in [1.82, 2.24) is 0 Å². The summed E-state index contributed by atoms with van der Waals surface area (Å²) in [6.45, 7) is 0. The zero-order valence-electron chi connectivity index (χ0n) is 6.03. The molecule has 0 bridgehead atoms. The topological polar surface area (TPSA) is 17.1 Å². The predicted octanol–water partition coefficient (Wildman–Crippen LogP) is 2.52. The molecule has 0 N–H and O–H groups in total. The number of carbonyl (C=O) groups is 1. The SMILES string of the molecule is O=C(Cl)C1=CC(F)=C(F)C(F)[C@H]1F. The molecule has 0 fully saturated rings. The van der Waals surface area contributed by atoms with Crippen LogP contribution in [0.2, 0.25) is 0 Å². The Morgan fingerprint density at radius 3 is 2.31 bits per heavy atom. The van der Waals surface area contributed by atoms with Gasteiger partial charge in [0.1, 0.15) is 0 Å². The number of hydrogen-bond acceptors (Lipinski definition) is 1. The van der Waals surface area contributed by atoms with Crippen molar-refractivity contribution >= 4 is 16.8 Å². The van der Waals surface area contributed by atoms with E-state index in [1.54, 1.807) is 0 Å². The summed E-state index contributed by atoms with van der Waals surface area (Å²) < 4.78 is 50.0. The van der Waals surface area contributed by atoms with Crippen LogP contribution in [0.25, 0.3) is 0 Å². The third kappa shape index (κ3) is 1.75. The largest absolute Gasteiger partial charge is 0.276 e. The zero-order valence-corrected chi connectivity index (χ0v) is 6.79. The number of halogens is 5. The van der Waals surface area contributed by atoms with Gasteiger partial charge in [-0.05, 0) is 17.7 Å². The van der Waals surface area contributed by atoms with E-state index in [4.69, 9.17) is 11.6 Å². The van der Waals surface area contributed by atoms with Crippen molar-refractivity contribution in [3.05, 3.63) is 23.3 Å². The fraction of sp³-hybridized carbons (Fsp3) is 0.286. The lowest BCUT2D eigenvalue weighted by Crippen LogP contribution is -2.26. The molecule has 13 heavy (non-hydrogen) atoms. The standard InChI is InChI=1S/C7H3ClF4O/c8-7(13)2-1-3(9)5(11)6(12)4(2)10/h1,4,6H/t4-,6?/m0/s1. The van der Waals surface area contributed by atoms with E-state index in [1.807, 2.05) is 0 Å². The summed E-state index contributed by atoms with van der Waals surface area (Å²) in [5.74, 6) is -3.46. The summed E-state index contributed by atoms with van der Waals surface area (Å²) >= 11 is 4.80. The summed E-state index contributed by atoms with van der Waals surface area (Å²) in [7, 11) is 0. The van der Waals surface area contributed by atoms with E-state index in [-0.39, 0.29) is 6.08 Å². The van der Waals surface area contributed by atoms with Crippen LogP contribution in [0.4, 0.5) is 17.6 Å². The quantitative estimate of drug-likeness (QED) is 0.484. The molecular weight excluding hydrogens is 212 g/mol. The molecule has 0 aliphatic heterocycles. The second-order valence-corrected chi connectivity index (χ2v) is 2.72. The van der Waals surface area contributed by atoms with Gasteiger partial charge < -0.3 is 0 Å². The summed E-state index contributed by atoms with van der Waals surface area (Å²) in [5.41, 5.74) is -0.909. The molecule has 0 spiro atoms. The van der Waals surface area contributed by atoms with Crippen molar-refractivity contribution in [3.8, 4) is 0 Å². The highest BCUT2D eigenvalue weighted by Gasteiger charge is 2.37. The molecular formula is C7H3ClF4O. The summed E-state index contributed by atoms with van der Waals surface area (Å²) in [4.78, 5) is 10.4. The molecule has 72 valence electrons. The van der Waals surface area contributed by atoms with Gasteiger partial charge in [-0.3, -0.25) is 4.79 Å². The van der Waals surface area contributed by atoms with Gasteiger partial charge in [0.15, 0.2) is 24.0 Å². The first-order valence-corrected chi connectivity index (χ1v) is 3.57. The van der Waals surface area contributed by atoms with Crippen LogP contribution in [-0.4, -0.2) is 17.6 Å². The molecule has 0 amide bonds. The lowest BCUT2D eigenvalue weighted by Gasteiger charge is -2.17. The third-order valence-electron chi connectivity index (χ3n) is 1.53. The van der Waals surface area contributed by atoms with E-state index in [0.29, 0.717) is 0 Å². The van der Waals surface area contributed by atoms with Gasteiger partial charge in [-0.2, -0.15) is 0 Å². The van der Waals surface area contributed by atoms with Crippen LogP contribution in [0.1, 0.15) is 0 Å². The van der Waals surface area contributed by atoms with E-state index in [9.17, 15) is 22.4 Å². The normalized spacial score (nSPS) is 28.8. The van der Waals surface area contributed by atoms with Crippen molar-refractivity contribution in [2.45, 2.75) is 12.3 Å². The smallest absolute Gasteiger partial charge is 0.251 e. The van der Waals surface area contributed by atoms with Crippen molar-refractivity contribution < 1.29 is 22.4 Å². The zero-order chi connectivity index (χ0) is 10.2. The van der Waals surface area contributed by atoms with Crippen LogP contribution in [0.15, 0.2) is 23.3 Å². The summed E-state index contributed by atoms with van der Waals surface area (Å²) in [6.07, 6.45) is -5.07. The Morgan fingerprint density at radius 2 is 1.85 bits per heavy atom. The van der Waals surface area contributed by atoms with Crippen molar-refractivity contribution in [2.24, 2.45) is 0 Å². The van der Waals surface area contributed by atoms with Gasteiger partial charge in [-0.25, -0.2) is 17.6 Å². The Morgan fingerprint density at radius 1 is 1.31 bits per heavy atom. The monoisotopic (exact) mass is 214 g/mol. The van der Waals surface area contributed by atoms with Crippen LogP contribution in [0, 0.1) is 0 Å². The number of carbonyl (C=O) groups excluding carboxylic acids is 1. The lowest BCUT2D eigenvalue weighted by atomic mass is 10.0. The van der Waals surface area contributed by atoms with Crippen molar-refractivity contribution in [3.63, 3.8) is 0 Å². The minimum atomic E-state index is -2.79. The molecule has 1 aliphatic rings. The molecule has 0 heterocycles. The Kier molecular flexibility index (Phi) is 2.75. The van der Waals surface area contributed by atoms with Gasteiger partial charge in [0, 0.05) is 0 Å². The van der Waals surface area contributed by atoms with Gasteiger partial charge in [0.25, 0.3) is 5.24 Å². The van der Waals surface area contributed by atoms with Gasteiger partial charge in [-0.1, -0.05) is 0 Å². The molecule has 1 unspecified atom stereocenters. The van der Waals surface area contributed by atoms with Crippen LogP contribution in [0.5, 0.6) is 0 Å². The Labute approximate surface area is 75.7 Å². The second kappa shape index (κ2) is 3.49. The fourth-order valence-corrected chi connectivity index (χ4v) is 1.03. The Balaban J connectivity index is 3.12. The highest BCUT2D eigenvalue weighted by molar-refractivity contribution is 6.67. The number of hydrogen-bond donors (Lipinski definition) is 0. The van der Waals surface area contributed by atoms with E-state index in [2.05, 4.69) is 0 Å². The van der Waals surface area contributed by atoms with Crippen LogP contribution in [0.3, 0.4) is 0 Å². The molecule has 0 saturated heterocycles. The van der Waals surface area contributed by atoms with Gasteiger partial charge >= 0.3 is 0 Å². The second-order valence-electron chi connectivity index (χ2n) is 2.37. The molecule has 6 heteroatoms. The lowest BCUT2D eigenvalue weighted by molar-refractivity contribution is -0.109. The highest BCUT2D eigenvalue weighted by atomic mass is 35.5. The maximum absolute atomic E-state index is 12.7. The number of alkyl halides is 2. The van der Waals surface area contributed by atoms with Crippen molar-refractivity contribution in [2.75, 3.05) is 0 Å². The molecule has 2 atom stereocenters. The average molecular weight is 215 g/mol. The van der Waals surface area contributed by atoms with E-state index < -0.39 is 34.8 Å². The van der Waals surface area contributed by atoms with Crippen LogP contribution < -0.4 is 0 Å². The number of rotatable bonds is 1. The highest BCUT2D eigenvalue weighted by Crippen LogP contribution is 2.31. The fourth-order valence-electron chi connectivity index (χ4n) is 0.868. The molecule has 0 aromatic heterocycles.